The number of benzene rings is 1. The number of halogens is 3. The van der Waals surface area contributed by atoms with E-state index in [1.54, 1.807) is 0 Å². The van der Waals surface area contributed by atoms with Crippen LogP contribution in [0.1, 0.15) is 5.56 Å². The summed E-state index contributed by atoms with van der Waals surface area (Å²) in [6.45, 7) is 2.12. The number of rotatable bonds is 4. The molecule has 0 spiro atoms. The van der Waals surface area contributed by atoms with E-state index in [-0.39, 0.29) is 12.4 Å². The SMILES string of the molecule is CN1CCN=C1NCCOc1ccccc1C(F)(F)F. The molecule has 1 aromatic carbocycles. The Hall–Kier alpha value is -1.92. The van der Waals surface area contributed by atoms with Gasteiger partial charge in [0, 0.05) is 13.6 Å². The molecule has 4 nitrogen and oxygen atoms in total. The lowest BCUT2D eigenvalue weighted by atomic mass is 10.2. The maximum absolute atomic E-state index is 12.7. The predicted octanol–water partition coefficient (Wildman–Crippen LogP) is 1.98. The molecule has 20 heavy (non-hydrogen) atoms. The number of alkyl halides is 3. The van der Waals surface area contributed by atoms with Gasteiger partial charge in [-0.15, -0.1) is 0 Å². The van der Waals surface area contributed by atoms with Crippen LogP contribution in [0.5, 0.6) is 5.75 Å². The molecule has 0 unspecified atom stereocenters. The molecule has 1 aromatic rings. The molecule has 0 radical (unpaired) electrons. The lowest BCUT2D eigenvalue weighted by Crippen LogP contribution is -2.37. The number of guanidine groups is 1. The second kappa shape index (κ2) is 6.02. The molecule has 7 heteroatoms. The minimum absolute atomic E-state index is 0.139. The Balaban J connectivity index is 1.85. The lowest BCUT2D eigenvalue weighted by molar-refractivity contribution is -0.138. The Labute approximate surface area is 115 Å². The highest BCUT2D eigenvalue weighted by Gasteiger charge is 2.33. The summed E-state index contributed by atoms with van der Waals surface area (Å²) < 4.78 is 43.4. The van der Waals surface area contributed by atoms with Crippen molar-refractivity contribution in [2.75, 3.05) is 33.3 Å². The van der Waals surface area contributed by atoms with Crippen molar-refractivity contribution in [2.24, 2.45) is 4.99 Å². The third kappa shape index (κ3) is 3.55. The van der Waals surface area contributed by atoms with Crippen LogP contribution in [0.15, 0.2) is 29.3 Å². The van der Waals surface area contributed by atoms with Crippen LogP contribution in [0.4, 0.5) is 13.2 Å². The fourth-order valence-electron chi connectivity index (χ4n) is 1.87. The summed E-state index contributed by atoms with van der Waals surface area (Å²) >= 11 is 0. The first-order chi connectivity index (χ1) is 9.48. The van der Waals surface area contributed by atoms with E-state index in [1.807, 2.05) is 11.9 Å². The summed E-state index contributed by atoms with van der Waals surface area (Å²) in [5.74, 6) is 0.598. The summed E-state index contributed by atoms with van der Waals surface area (Å²) in [5.41, 5.74) is -0.754. The number of aliphatic imine (C=N–C) groups is 1. The predicted molar refractivity (Wildman–Crippen MR) is 69.9 cm³/mol. The quantitative estimate of drug-likeness (QED) is 0.860. The highest BCUT2D eigenvalue weighted by molar-refractivity contribution is 5.81. The molecular weight excluding hydrogens is 271 g/mol. The largest absolute Gasteiger partial charge is 0.491 e. The number of para-hydroxylation sites is 1. The average Bonchev–Trinajstić information content (AvgIpc) is 2.80. The van der Waals surface area contributed by atoms with Gasteiger partial charge in [0.2, 0.25) is 0 Å². The van der Waals surface area contributed by atoms with E-state index >= 15 is 0 Å². The van der Waals surface area contributed by atoms with E-state index in [1.165, 1.54) is 18.2 Å². The highest BCUT2D eigenvalue weighted by Crippen LogP contribution is 2.35. The molecule has 1 N–H and O–H groups in total. The van der Waals surface area contributed by atoms with Crippen LogP contribution in [-0.2, 0) is 6.18 Å². The van der Waals surface area contributed by atoms with Crippen LogP contribution < -0.4 is 10.1 Å². The fraction of sp³-hybridized carbons (Fsp3) is 0.462. The van der Waals surface area contributed by atoms with Gasteiger partial charge in [0.05, 0.1) is 18.7 Å². The van der Waals surface area contributed by atoms with Gasteiger partial charge in [0.15, 0.2) is 5.96 Å². The van der Waals surface area contributed by atoms with Gasteiger partial charge in [0.1, 0.15) is 12.4 Å². The minimum atomic E-state index is -4.40. The van der Waals surface area contributed by atoms with Gasteiger partial charge in [-0.2, -0.15) is 13.2 Å². The third-order valence-corrected chi connectivity index (χ3v) is 2.89. The van der Waals surface area contributed by atoms with Crippen molar-refractivity contribution in [1.29, 1.82) is 0 Å². The Morgan fingerprint density at radius 1 is 1.35 bits per heavy atom. The van der Waals surface area contributed by atoms with E-state index in [2.05, 4.69) is 10.3 Å². The Morgan fingerprint density at radius 3 is 2.75 bits per heavy atom. The van der Waals surface area contributed by atoms with E-state index in [0.29, 0.717) is 6.54 Å². The van der Waals surface area contributed by atoms with Crippen LogP contribution in [0.25, 0.3) is 0 Å². The summed E-state index contributed by atoms with van der Waals surface area (Å²) in [6, 6.07) is 5.20. The highest BCUT2D eigenvalue weighted by atomic mass is 19.4. The van der Waals surface area contributed by atoms with E-state index < -0.39 is 11.7 Å². The first-order valence-electron chi connectivity index (χ1n) is 6.27. The zero-order valence-corrected chi connectivity index (χ0v) is 11.1. The van der Waals surface area contributed by atoms with Crippen molar-refractivity contribution < 1.29 is 17.9 Å². The normalized spacial score (nSPS) is 15.2. The van der Waals surface area contributed by atoms with Gasteiger partial charge in [-0.25, -0.2) is 0 Å². The van der Waals surface area contributed by atoms with Gasteiger partial charge >= 0.3 is 6.18 Å². The number of ether oxygens (including phenoxy) is 1. The second-order valence-electron chi connectivity index (χ2n) is 4.40. The molecule has 0 aliphatic carbocycles. The molecule has 0 atom stereocenters. The van der Waals surface area contributed by atoms with Gasteiger partial charge in [-0.05, 0) is 12.1 Å². The van der Waals surface area contributed by atoms with Crippen LogP contribution in [0.2, 0.25) is 0 Å². The van der Waals surface area contributed by atoms with Gasteiger partial charge in [0.25, 0.3) is 0 Å². The molecule has 0 amide bonds. The maximum Gasteiger partial charge on any atom is 0.419 e. The Morgan fingerprint density at radius 2 is 2.10 bits per heavy atom. The van der Waals surface area contributed by atoms with E-state index in [9.17, 15) is 13.2 Å². The zero-order chi connectivity index (χ0) is 14.6. The topological polar surface area (TPSA) is 36.9 Å². The molecular formula is C13H16F3N3O. The van der Waals surface area contributed by atoms with Crippen molar-refractivity contribution in [3.05, 3.63) is 29.8 Å². The third-order valence-electron chi connectivity index (χ3n) is 2.89. The number of hydrogen-bond acceptors (Lipinski definition) is 4. The molecule has 0 aromatic heterocycles. The standard InChI is InChI=1S/C13H16F3N3O/c1-19-8-6-17-12(19)18-7-9-20-11-5-3-2-4-10(11)13(14,15)16/h2-5H,6-9H2,1H3,(H,17,18). The number of nitrogens with zero attached hydrogens (tertiary/aromatic N) is 2. The minimum Gasteiger partial charge on any atom is -0.491 e. The van der Waals surface area contributed by atoms with Crippen molar-refractivity contribution in [2.45, 2.75) is 6.18 Å². The van der Waals surface area contributed by atoms with Gasteiger partial charge < -0.3 is 15.0 Å². The summed E-state index contributed by atoms with van der Waals surface area (Å²) in [6.07, 6.45) is -4.40. The maximum atomic E-state index is 12.7. The Bertz CT molecular complexity index is 488. The molecule has 0 fully saturated rings. The first kappa shape index (κ1) is 14.5. The van der Waals surface area contributed by atoms with Crippen molar-refractivity contribution in [3.63, 3.8) is 0 Å². The molecule has 1 aliphatic heterocycles. The number of likely N-dealkylation sites (N-methyl/N-ethyl adjacent to an activating group) is 1. The first-order valence-corrected chi connectivity index (χ1v) is 6.27. The molecule has 1 aliphatic rings. The summed E-state index contributed by atoms with van der Waals surface area (Å²) in [7, 11) is 1.90. The molecule has 110 valence electrons. The smallest absolute Gasteiger partial charge is 0.419 e. The number of nitrogens with one attached hydrogen (secondary N) is 1. The fourth-order valence-corrected chi connectivity index (χ4v) is 1.87. The second-order valence-corrected chi connectivity index (χ2v) is 4.40. The van der Waals surface area contributed by atoms with E-state index in [4.69, 9.17) is 4.74 Å². The van der Waals surface area contributed by atoms with Gasteiger partial charge in [-0.1, -0.05) is 12.1 Å². The molecule has 0 bridgehead atoms. The van der Waals surface area contributed by atoms with Crippen molar-refractivity contribution in [3.8, 4) is 5.75 Å². The molecule has 0 saturated carbocycles. The van der Waals surface area contributed by atoms with Crippen LogP contribution in [0, 0.1) is 0 Å². The number of hydrogen-bond donors (Lipinski definition) is 1. The Kier molecular flexibility index (Phi) is 4.36. The van der Waals surface area contributed by atoms with Crippen LogP contribution >= 0.6 is 0 Å². The van der Waals surface area contributed by atoms with E-state index in [0.717, 1.165) is 25.1 Å². The monoisotopic (exact) mass is 287 g/mol. The van der Waals surface area contributed by atoms with Crippen LogP contribution in [-0.4, -0.2) is 44.1 Å². The van der Waals surface area contributed by atoms with Crippen LogP contribution in [0.3, 0.4) is 0 Å². The average molecular weight is 287 g/mol. The van der Waals surface area contributed by atoms with Crippen molar-refractivity contribution in [1.82, 2.24) is 10.2 Å². The van der Waals surface area contributed by atoms with Gasteiger partial charge in [-0.3, -0.25) is 4.99 Å². The molecule has 0 saturated heterocycles. The summed E-state index contributed by atoms with van der Waals surface area (Å²) in [5, 5.41) is 3.03. The molecule has 1 heterocycles. The molecule has 2 rings (SSSR count). The summed E-state index contributed by atoms with van der Waals surface area (Å²) in [4.78, 5) is 6.16. The zero-order valence-electron chi connectivity index (χ0n) is 11.1. The lowest BCUT2D eigenvalue weighted by Gasteiger charge is -2.16. The van der Waals surface area contributed by atoms with Crippen molar-refractivity contribution >= 4 is 5.96 Å².